The van der Waals surface area contributed by atoms with Crippen LogP contribution >= 0.6 is 0 Å². The largest absolute Gasteiger partial charge is 0.347 e. The van der Waals surface area contributed by atoms with Crippen molar-refractivity contribution < 1.29 is 8.42 Å². The van der Waals surface area contributed by atoms with Crippen molar-refractivity contribution in [1.29, 1.82) is 0 Å². The molecule has 1 fully saturated rings. The molecule has 0 unspecified atom stereocenters. The monoisotopic (exact) mass is 397 g/mol. The summed E-state index contributed by atoms with van der Waals surface area (Å²) in [7, 11) is -3.23. The van der Waals surface area contributed by atoms with Crippen LogP contribution in [-0.4, -0.2) is 23.2 Å². The molecule has 28 heavy (non-hydrogen) atoms. The molecule has 3 aromatic rings. The van der Waals surface area contributed by atoms with Gasteiger partial charge in [0.2, 0.25) is 10.0 Å². The highest BCUT2D eigenvalue weighted by Gasteiger charge is 2.36. The fourth-order valence-corrected chi connectivity index (χ4v) is 5.29. The van der Waals surface area contributed by atoms with Crippen LogP contribution < -0.4 is 4.72 Å². The second-order valence-corrected chi connectivity index (χ2v) is 10.2. The first kappa shape index (κ1) is 19.2. The van der Waals surface area contributed by atoms with Crippen molar-refractivity contribution in [2.75, 3.05) is 0 Å². The highest BCUT2D eigenvalue weighted by molar-refractivity contribution is 7.90. The highest BCUT2D eigenvalue weighted by atomic mass is 32.2. The molecule has 0 saturated heterocycles. The number of nitrogens with zero attached hydrogens (tertiary/aromatic N) is 2. The second kappa shape index (κ2) is 7.33. The van der Waals surface area contributed by atoms with Gasteiger partial charge in [-0.15, -0.1) is 0 Å². The topological polar surface area (TPSA) is 64.0 Å². The first-order chi connectivity index (χ1) is 13.3. The molecule has 1 saturated carbocycles. The fourth-order valence-electron chi connectivity index (χ4n) is 3.72. The van der Waals surface area contributed by atoms with Crippen LogP contribution in [0.1, 0.15) is 45.2 Å². The molecular weight excluding hydrogens is 370 g/mol. The molecule has 4 rings (SSSR count). The summed E-state index contributed by atoms with van der Waals surface area (Å²) in [6.45, 7) is 7.21. The summed E-state index contributed by atoms with van der Waals surface area (Å²) < 4.78 is 30.0. The third kappa shape index (κ3) is 3.84. The molecule has 1 aromatic carbocycles. The fraction of sp³-hybridized carbons (Fsp3) is 0.409. The van der Waals surface area contributed by atoms with E-state index >= 15 is 0 Å². The summed E-state index contributed by atoms with van der Waals surface area (Å²) in [5, 5.41) is 0.890. The Morgan fingerprint density at radius 1 is 1.11 bits per heavy atom. The van der Waals surface area contributed by atoms with Gasteiger partial charge in [-0.3, -0.25) is 4.98 Å². The van der Waals surface area contributed by atoms with Gasteiger partial charge >= 0.3 is 0 Å². The number of rotatable bonds is 7. The van der Waals surface area contributed by atoms with Crippen LogP contribution in [0.3, 0.4) is 0 Å². The maximum Gasteiger partial charge on any atom is 0.215 e. The van der Waals surface area contributed by atoms with Gasteiger partial charge in [0.15, 0.2) is 0 Å². The highest BCUT2D eigenvalue weighted by Crippen LogP contribution is 2.33. The SMILES string of the molecule is CC(C)Cn1cc([C@@H](C)NS(=O)(=O)C2CC2)c2ccc(-c3ccncc3)cc21. The number of nitrogens with one attached hydrogen (secondary N) is 1. The normalized spacial score (nSPS) is 16.0. The quantitative estimate of drug-likeness (QED) is 0.638. The molecule has 0 amide bonds. The zero-order valence-corrected chi connectivity index (χ0v) is 17.4. The van der Waals surface area contributed by atoms with Gasteiger partial charge in [0.05, 0.1) is 5.25 Å². The van der Waals surface area contributed by atoms with Crippen molar-refractivity contribution >= 4 is 20.9 Å². The molecule has 2 aromatic heterocycles. The average Bonchev–Trinajstić information content (AvgIpc) is 3.46. The van der Waals surface area contributed by atoms with Gasteiger partial charge in [0, 0.05) is 42.1 Å². The van der Waals surface area contributed by atoms with E-state index in [1.807, 2.05) is 19.1 Å². The van der Waals surface area contributed by atoms with E-state index in [0.29, 0.717) is 5.92 Å². The lowest BCUT2D eigenvalue weighted by Crippen LogP contribution is -2.29. The third-order valence-electron chi connectivity index (χ3n) is 5.26. The van der Waals surface area contributed by atoms with Gasteiger partial charge in [0.1, 0.15) is 0 Å². The van der Waals surface area contributed by atoms with Crippen molar-refractivity contribution in [2.24, 2.45) is 5.92 Å². The molecule has 148 valence electrons. The first-order valence-electron chi connectivity index (χ1n) is 9.89. The lowest BCUT2D eigenvalue weighted by atomic mass is 10.0. The molecule has 1 N–H and O–H groups in total. The molecule has 1 aliphatic carbocycles. The number of hydrogen-bond donors (Lipinski definition) is 1. The van der Waals surface area contributed by atoms with Crippen molar-refractivity contribution in [3.05, 3.63) is 54.5 Å². The molecule has 0 bridgehead atoms. The summed E-state index contributed by atoms with van der Waals surface area (Å²) in [6, 6.07) is 10.2. The summed E-state index contributed by atoms with van der Waals surface area (Å²) in [5.41, 5.74) is 4.42. The molecule has 6 heteroatoms. The number of hydrogen-bond acceptors (Lipinski definition) is 3. The Kier molecular flexibility index (Phi) is 5.02. The smallest absolute Gasteiger partial charge is 0.215 e. The van der Waals surface area contributed by atoms with Gasteiger partial charge in [-0.05, 0) is 60.6 Å². The van der Waals surface area contributed by atoms with E-state index in [1.165, 1.54) is 0 Å². The van der Waals surface area contributed by atoms with Crippen molar-refractivity contribution in [1.82, 2.24) is 14.3 Å². The molecule has 5 nitrogen and oxygen atoms in total. The molecule has 0 spiro atoms. The van der Waals surface area contributed by atoms with Crippen molar-refractivity contribution in [3.8, 4) is 11.1 Å². The van der Waals surface area contributed by atoms with Crippen LogP contribution in [-0.2, 0) is 16.6 Å². The van der Waals surface area contributed by atoms with Crippen LogP contribution in [0.15, 0.2) is 48.9 Å². The average molecular weight is 398 g/mol. The second-order valence-electron chi connectivity index (χ2n) is 8.18. The number of sulfonamides is 1. The minimum absolute atomic E-state index is 0.211. The number of benzene rings is 1. The van der Waals surface area contributed by atoms with E-state index in [4.69, 9.17) is 0 Å². The van der Waals surface area contributed by atoms with Crippen LogP contribution in [0.4, 0.5) is 0 Å². The Morgan fingerprint density at radius 2 is 1.82 bits per heavy atom. The van der Waals surface area contributed by atoms with E-state index in [0.717, 1.165) is 47.0 Å². The van der Waals surface area contributed by atoms with Gasteiger partial charge < -0.3 is 4.57 Å². The number of fused-ring (bicyclic) bond motifs is 1. The summed E-state index contributed by atoms with van der Waals surface area (Å²) in [4.78, 5) is 4.10. The zero-order chi connectivity index (χ0) is 19.9. The minimum atomic E-state index is -3.23. The van der Waals surface area contributed by atoms with E-state index in [9.17, 15) is 8.42 Å². The first-order valence-corrected chi connectivity index (χ1v) is 11.4. The maximum absolute atomic E-state index is 12.4. The number of pyridine rings is 1. The molecular formula is C22H27N3O2S. The molecule has 0 radical (unpaired) electrons. The molecule has 1 atom stereocenters. The predicted molar refractivity (Wildman–Crippen MR) is 113 cm³/mol. The van der Waals surface area contributed by atoms with Crippen molar-refractivity contribution in [2.45, 2.75) is 51.4 Å². The van der Waals surface area contributed by atoms with E-state index in [2.05, 4.69) is 52.5 Å². The lowest BCUT2D eigenvalue weighted by molar-refractivity contribution is 0.532. The predicted octanol–water partition coefficient (Wildman–Crippen LogP) is 4.50. The lowest BCUT2D eigenvalue weighted by Gasteiger charge is -2.13. The Bertz CT molecular complexity index is 1080. The summed E-state index contributed by atoms with van der Waals surface area (Å²) in [5.74, 6) is 0.492. The molecule has 1 aliphatic rings. The Balaban J connectivity index is 1.76. The maximum atomic E-state index is 12.4. The number of aromatic nitrogens is 2. The summed E-state index contributed by atoms with van der Waals surface area (Å²) >= 11 is 0. The van der Waals surface area contributed by atoms with E-state index in [1.54, 1.807) is 12.4 Å². The Morgan fingerprint density at radius 3 is 2.46 bits per heavy atom. The van der Waals surface area contributed by atoms with Crippen molar-refractivity contribution in [3.63, 3.8) is 0 Å². The third-order valence-corrected chi connectivity index (χ3v) is 7.29. The van der Waals surface area contributed by atoms with Crippen LogP contribution in [0.25, 0.3) is 22.0 Å². The zero-order valence-electron chi connectivity index (χ0n) is 16.6. The Hall–Kier alpha value is -2.18. The van der Waals surface area contributed by atoms with Gasteiger partial charge in [-0.2, -0.15) is 0 Å². The van der Waals surface area contributed by atoms with Gasteiger partial charge in [0.25, 0.3) is 0 Å². The van der Waals surface area contributed by atoms with Crippen LogP contribution in [0.5, 0.6) is 0 Å². The Labute approximate surface area is 166 Å². The van der Waals surface area contributed by atoms with Crippen LogP contribution in [0, 0.1) is 5.92 Å². The summed E-state index contributed by atoms with van der Waals surface area (Å²) in [6.07, 6.45) is 7.25. The molecule has 0 aliphatic heterocycles. The van der Waals surface area contributed by atoms with E-state index in [-0.39, 0.29) is 11.3 Å². The van der Waals surface area contributed by atoms with Gasteiger partial charge in [-0.1, -0.05) is 26.0 Å². The minimum Gasteiger partial charge on any atom is -0.347 e. The standard InChI is InChI=1S/C22H27N3O2S/c1-15(2)13-25-14-21(16(3)24-28(26,27)19-5-6-19)20-7-4-18(12-22(20)25)17-8-10-23-11-9-17/h4,7-12,14-16,19,24H,5-6,13H2,1-3H3/t16-/m1/s1. The van der Waals surface area contributed by atoms with E-state index < -0.39 is 10.0 Å². The van der Waals surface area contributed by atoms with Gasteiger partial charge in [-0.25, -0.2) is 13.1 Å². The molecule has 2 heterocycles. The van der Waals surface area contributed by atoms with Crippen LogP contribution in [0.2, 0.25) is 0 Å².